The number of hydrogen-bond donors (Lipinski definition) is 1. The van der Waals surface area contributed by atoms with E-state index in [-0.39, 0.29) is 11.8 Å². The summed E-state index contributed by atoms with van der Waals surface area (Å²) in [7, 11) is 0. The number of carbonyl (C=O) groups is 1. The van der Waals surface area contributed by atoms with Crippen molar-refractivity contribution in [3.8, 4) is 0 Å². The molecule has 1 N–H and O–H groups in total. The highest BCUT2D eigenvalue weighted by atomic mass is 79.9. The van der Waals surface area contributed by atoms with E-state index in [4.69, 9.17) is 8.83 Å². The normalized spacial score (nSPS) is 14.9. The van der Waals surface area contributed by atoms with Gasteiger partial charge in [-0.25, -0.2) is 0 Å². The Bertz CT molecular complexity index is 559. The fraction of sp³-hybridized carbons (Fsp3) is 0.300. The van der Waals surface area contributed by atoms with Gasteiger partial charge in [0.05, 0.1) is 0 Å². The molecule has 1 aliphatic carbocycles. The fourth-order valence-electron chi connectivity index (χ4n) is 1.38. The van der Waals surface area contributed by atoms with Crippen molar-refractivity contribution < 1.29 is 13.6 Å². The number of nitrogens with zero attached hydrogens (tertiary/aromatic N) is 2. The van der Waals surface area contributed by atoms with Gasteiger partial charge in [-0.1, -0.05) is 5.10 Å². The molecule has 3 rings (SSSR count). The molecule has 1 fully saturated rings. The third-order valence-electron chi connectivity index (χ3n) is 2.38. The van der Waals surface area contributed by atoms with Crippen LogP contribution in [0.5, 0.6) is 0 Å². The standard InChI is InChI=1S/C10H8BrN3O3/c11-7-4-3-6(16-7)8(15)12-10-14-13-9(17-10)5-1-2-5/h3-5H,1-2H2,(H,12,14,15). The molecule has 2 heterocycles. The van der Waals surface area contributed by atoms with Gasteiger partial charge in [-0.15, -0.1) is 5.10 Å². The van der Waals surface area contributed by atoms with Gasteiger partial charge in [-0.05, 0) is 40.9 Å². The second-order valence-corrected chi connectivity index (χ2v) is 4.56. The lowest BCUT2D eigenvalue weighted by molar-refractivity contribution is 0.0992. The summed E-state index contributed by atoms with van der Waals surface area (Å²) in [6.07, 6.45) is 2.14. The molecule has 0 aromatic carbocycles. The summed E-state index contributed by atoms with van der Waals surface area (Å²) >= 11 is 3.12. The highest BCUT2D eigenvalue weighted by Crippen LogP contribution is 2.39. The molecule has 0 aliphatic heterocycles. The SMILES string of the molecule is O=C(Nc1nnc(C2CC2)o1)c1ccc(Br)o1. The summed E-state index contributed by atoms with van der Waals surface area (Å²) < 4.78 is 10.9. The van der Waals surface area contributed by atoms with Gasteiger partial charge in [0.2, 0.25) is 5.89 Å². The molecular formula is C10H8BrN3O3. The first kappa shape index (κ1) is 10.5. The number of furan rings is 1. The summed E-state index contributed by atoms with van der Waals surface area (Å²) in [5.41, 5.74) is 0. The van der Waals surface area contributed by atoms with Crippen LogP contribution in [0.25, 0.3) is 0 Å². The molecule has 0 atom stereocenters. The minimum Gasteiger partial charge on any atom is -0.444 e. The maximum atomic E-state index is 11.7. The van der Waals surface area contributed by atoms with Crippen molar-refractivity contribution in [2.45, 2.75) is 18.8 Å². The zero-order valence-electron chi connectivity index (χ0n) is 8.64. The molecule has 6 nitrogen and oxygen atoms in total. The molecule has 88 valence electrons. The van der Waals surface area contributed by atoms with Crippen LogP contribution < -0.4 is 5.32 Å². The van der Waals surface area contributed by atoms with Gasteiger partial charge in [0.15, 0.2) is 10.4 Å². The maximum Gasteiger partial charge on any atom is 0.322 e. The van der Waals surface area contributed by atoms with E-state index in [1.54, 1.807) is 12.1 Å². The quantitative estimate of drug-likeness (QED) is 0.941. The molecule has 1 saturated carbocycles. The van der Waals surface area contributed by atoms with Crippen LogP contribution in [0.4, 0.5) is 6.01 Å². The van der Waals surface area contributed by atoms with Crippen molar-refractivity contribution in [3.63, 3.8) is 0 Å². The molecule has 0 unspecified atom stereocenters. The lowest BCUT2D eigenvalue weighted by Gasteiger charge is -1.95. The van der Waals surface area contributed by atoms with Crippen molar-refractivity contribution >= 4 is 27.9 Å². The molecule has 0 bridgehead atoms. The Morgan fingerprint density at radius 3 is 2.82 bits per heavy atom. The second kappa shape index (κ2) is 3.99. The van der Waals surface area contributed by atoms with Gasteiger partial charge in [0.25, 0.3) is 5.91 Å². The van der Waals surface area contributed by atoms with Gasteiger partial charge in [-0.2, -0.15) is 0 Å². The summed E-state index contributed by atoms with van der Waals surface area (Å²) in [6.45, 7) is 0. The van der Waals surface area contributed by atoms with Gasteiger partial charge in [0, 0.05) is 5.92 Å². The molecule has 1 aliphatic rings. The van der Waals surface area contributed by atoms with E-state index in [9.17, 15) is 4.79 Å². The number of amides is 1. The van der Waals surface area contributed by atoms with E-state index in [1.165, 1.54) is 0 Å². The van der Waals surface area contributed by atoms with Crippen molar-refractivity contribution in [3.05, 3.63) is 28.5 Å². The van der Waals surface area contributed by atoms with Crippen LogP contribution in [0, 0.1) is 0 Å². The van der Waals surface area contributed by atoms with Crippen LogP contribution in [0.2, 0.25) is 0 Å². The topological polar surface area (TPSA) is 81.2 Å². The average molecular weight is 298 g/mol. The van der Waals surface area contributed by atoms with Gasteiger partial charge in [0.1, 0.15) is 0 Å². The lowest BCUT2D eigenvalue weighted by atomic mass is 10.4. The zero-order valence-corrected chi connectivity index (χ0v) is 10.2. The molecule has 7 heteroatoms. The smallest absolute Gasteiger partial charge is 0.322 e. The fourth-order valence-corrected chi connectivity index (χ4v) is 1.68. The first-order valence-corrected chi connectivity index (χ1v) is 5.92. The molecule has 0 spiro atoms. The Kier molecular flexibility index (Phi) is 2.47. The number of hydrogen-bond acceptors (Lipinski definition) is 5. The van der Waals surface area contributed by atoms with Crippen LogP contribution >= 0.6 is 15.9 Å². The Morgan fingerprint density at radius 2 is 2.18 bits per heavy atom. The second-order valence-electron chi connectivity index (χ2n) is 3.78. The van der Waals surface area contributed by atoms with Gasteiger partial charge >= 0.3 is 6.01 Å². The third kappa shape index (κ3) is 2.23. The largest absolute Gasteiger partial charge is 0.444 e. The van der Waals surface area contributed by atoms with Crippen molar-refractivity contribution in [1.29, 1.82) is 0 Å². The predicted molar refractivity (Wildman–Crippen MR) is 60.6 cm³/mol. The lowest BCUT2D eigenvalue weighted by Crippen LogP contribution is -2.10. The van der Waals surface area contributed by atoms with Crippen LogP contribution in [-0.4, -0.2) is 16.1 Å². The molecule has 1 amide bonds. The Labute approximate surface area is 105 Å². The number of halogens is 1. The minimum atomic E-state index is -0.415. The van der Waals surface area contributed by atoms with Gasteiger partial charge < -0.3 is 8.83 Å². The highest BCUT2D eigenvalue weighted by Gasteiger charge is 2.29. The molecular weight excluding hydrogens is 290 g/mol. The van der Waals surface area contributed by atoms with Crippen molar-refractivity contribution in [2.75, 3.05) is 5.32 Å². The van der Waals surface area contributed by atoms with E-state index in [0.29, 0.717) is 16.5 Å². The third-order valence-corrected chi connectivity index (χ3v) is 2.81. The van der Waals surface area contributed by atoms with Crippen LogP contribution in [-0.2, 0) is 0 Å². The summed E-state index contributed by atoms with van der Waals surface area (Å²) in [5, 5.41) is 10.1. The number of rotatable bonds is 3. The minimum absolute atomic E-state index is 0.101. The van der Waals surface area contributed by atoms with Crippen molar-refractivity contribution in [1.82, 2.24) is 10.2 Å². The Balaban J connectivity index is 1.71. The van der Waals surface area contributed by atoms with E-state index in [1.807, 2.05) is 0 Å². The molecule has 2 aromatic rings. The maximum absolute atomic E-state index is 11.7. The van der Waals surface area contributed by atoms with Crippen LogP contribution in [0.15, 0.2) is 25.6 Å². The van der Waals surface area contributed by atoms with E-state index in [2.05, 4.69) is 31.4 Å². The molecule has 2 aromatic heterocycles. The Morgan fingerprint density at radius 1 is 1.35 bits per heavy atom. The number of aromatic nitrogens is 2. The average Bonchev–Trinajstić information content (AvgIpc) is 2.90. The molecule has 0 saturated heterocycles. The predicted octanol–water partition coefficient (Wildman–Crippen LogP) is 2.55. The van der Waals surface area contributed by atoms with E-state index in [0.717, 1.165) is 12.8 Å². The van der Waals surface area contributed by atoms with Gasteiger partial charge in [-0.3, -0.25) is 10.1 Å². The molecule has 17 heavy (non-hydrogen) atoms. The summed E-state index contributed by atoms with van der Waals surface area (Å²) in [4.78, 5) is 11.7. The van der Waals surface area contributed by atoms with Crippen LogP contribution in [0.3, 0.4) is 0 Å². The first-order chi connectivity index (χ1) is 8.22. The molecule has 0 radical (unpaired) electrons. The van der Waals surface area contributed by atoms with E-state index < -0.39 is 5.91 Å². The summed E-state index contributed by atoms with van der Waals surface area (Å²) in [5.74, 6) is 0.719. The van der Waals surface area contributed by atoms with Crippen molar-refractivity contribution in [2.24, 2.45) is 0 Å². The van der Waals surface area contributed by atoms with Crippen LogP contribution in [0.1, 0.15) is 35.2 Å². The van der Waals surface area contributed by atoms with E-state index >= 15 is 0 Å². The number of anilines is 1. The monoisotopic (exact) mass is 297 g/mol. The first-order valence-electron chi connectivity index (χ1n) is 5.12. The number of carbonyl (C=O) groups excluding carboxylic acids is 1. The number of nitrogens with one attached hydrogen (secondary N) is 1. The Hall–Kier alpha value is -1.63. The highest BCUT2D eigenvalue weighted by molar-refractivity contribution is 9.10. The summed E-state index contributed by atoms with van der Waals surface area (Å²) in [6, 6.07) is 3.29. The zero-order chi connectivity index (χ0) is 11.8.